The average Bonchev–Trinajstić information content (AvgIpc) is 3.41. The minimum atomic E-state index is -0.193. The number of carbonyl (C=O) groups is 1. The van der Waals surface area contributed by atoms with Crippen molar-refractivity contribution in [1.82, 2.24) is 35.2 Å². The quantitative estimate of drug-likeness (QED) is 0.490. The number of nitrogens with zero attached hydrogens (tertiary/aromatic N) is 6. The van der Waals surface area contributed by atoms with E-state index in [2.05, 4.69) is 36.0 Å². The Kier molecular flexibility index (Phi) is 5.23. The van der Waals surface area contributed by atoms with E-state index in [1.165, 1.54) is 12.6 Å². The highest BCUT2D eigenvalue weighted by Gasteiger charge is 2.12. The lowest BCUT2D eigenvalue weighted by Gasteiger charge is -2.09. The van der Waals surface area contributed by atoms with Gasteiger partial charge in [-0.1, -0.05) is 11.2 Å². The highest BCUT2D eigenvalue weighted by Crippen LogP contribution is 2.15. The second-order valence-corrected chi connectivity index (χ2v) is 6.20. The highest BCUT2D eigenvalue weighted by atomic mass is 16.5. The predicted octanol–water partition coefficient (Wildman–Crippen LogP) is 1.80. The molecule has 29 heavy (non-hydrogen) atoms. The number of aromatic nitrogens is 6. The smallest absolute Gasteiger partial charge is 0.251 e. The van der Waals surface area contributed by atoms with Gasteiger partial charge >= 0.3 is 0 Å². The van der Waals surface area contributed by atoms with Crippen molar-refractivity contribution in [3.05, 3.63) is 72.3 Å². The predicted molar refractivity (Wildman–Crippen MR) is 103 cm³/mol. The van der Waals surface area contributed by atoms with Gasteiger partial charge in [-0.05, 0) is 24.3 Å². The van der Waals surface area contributed by atoms with Gasteiger partial charge in [0.05, 0.1) is 13.1 Å². The Bertz CT molecular complexity index is 1090. The molecule has 0 unspecified atom stereocenters. The van der Waals surface area contributed by atoms with Gasteiger partial charge in [0.25, 0.3) is 5.91 Å². The van der Waals surface area contributed by atoms with Crippen molar-refractivity contribution in [2.24, 2.45) is 7.05 Å². The first-order valence-electron chi connectivity index (χ1n) is 8.87. The number of carbonyl (C=O) groups excluding carboxylic acids is 1. The molecule has 3 aromatic heterocycles. The summed E-state index contributed by atoms with van der Waals surface area (Å²) in [6, 6.07) is 10.7. The molecule has 0 atom stereocenters. The van der Waals surface area contributed by atoms with Gasteiger partial charge in [0.15, 0.2) is 11.6 Å². The minimum absolute atomic E-state index is 0.193. The minimum Gasteiger partial charge on any atom is -0.378 e. The van der Waals surface area contributed by atoms with Crippen LogP contribution in [0.4, 0.5) is 5.69 Å². The van der Waals surface area contributed by atoms with Crippen LogP contribution < -0.4 is 10.6 Å². The Morgan fingerprint density at radius 2 is 2.10 bits per heavy atom. The molecule has 4 aromatic rings. The topological polar surface area (TPSA) is 124 Å². The Hall–Kier alpha value is -4.08. The maximum atomic E-state index is 12.3. The Morgan fingerprint density at radius 3 is 2.90 bits per heavy atom. The summed E-state index contributed by atoms with van der Waals surface area (Å²) in [6.07, 6.45) is 4.60. The number of benzene rings is 1. The number of anilines is 1. The van der Waals surface area contributed by atoms with Gasteiger partial charge in [-0.15, -0.1) is 10.2 Å². The number of rotatable bonds is 7. The van der Waals surface area contributed by atoms with Gasteiger partial charge in [0, 0.05) is 30.6 Å². The maximum absolute atomic E-state index is 12.3. The zero-order chi connectivity index (χ0) is 20.1. The summed E-state index contributed by atoms with van der Waals surface area (Å²) in [6.45, 7) is 0.746. The Morgan fingerprint density at radius 1 is 1.17 bits per heavy atom. The first kappa shape index (κ1) is 18.3. The van der Waals surface area contributed by atoms with E-state index >= 15 is 0 Å². The molecule has 0 bridgehead atoms. The van der Waals surface area contributed by atoms with Crippen molar-refractivity contribution in [3.8, 4) is 11.5 Å². The largest absolute Gasteiger partial charge is 0.378 e. The van der Waals surface area contributed by atoms with E-state index in [0.717, 1.165) is 11.5 Å². The molecule has 0 aliphatic carbocycles. The SMILES string of the molecule is Cn1c(CNc2cccc(C(=O)NCc3ccon3)c2)nnc1-c1ccncn1. The molecule has 1 aromatic carbocycles. The molecule has 146 valence electrons. The molecule has 1 amide bonds. The fourth-order valence-corrected chi connectivity index (χ4v) is 2.71. The number of hydrogen-bond donors (Lipinski definition) is 2. The summed E-state index contributed by atoms with van der Waals surface area (Å²) in [5.74, 6) is 1.20. The summed E-state index contributed by atoms with van der Waals surface area (Å²) in [4.78, 5) is 20.5. The molecular formula is C19H18N8O2. The van der Waals surface area contributed by atoms with Gasteiger partial charge in [-0.3, -0.25) is 4.79 Å². The number of nitrogens with one attached hydrogen (secondary N) is 2. The van der Waals surface area contributed by atoms with Crippen molar-refractivity contribution in [2.45, 2.75) is 13.1 Å². The lowest BCUT2D eigenvalue weighted by atomic mass is 10.2. The molecule has 4 rings (SSSR count). The van der Waals surface area contributed by atoms with E-state index in [-0.39, 0.29) is 5.91 Å². The third-order valence-corrected chi connectivity index (χ3v) is 4.27. The Labute approximate surface area is 166 Å². The van der Waals surface area contributed by atoms with Crippen molar-refractivity contribution >= 4 is 11.6 Å². The normalized spacial score (nSPS) is 10.7. The van der Waals surface area contributed by atoms with Crippen LogP contribution in [0.25, 0.3) is 11.5 Å². The summed E-state index contributed by atoms with van der Waals surface area (Å²) in [5, 5.41) is 18.3. The summed E-state index contributed by atoms with van der Waals surface area (Å²) in [5.41, 5.74) is 2.70. The molecule has 0 aliphatic rings. The lowest BCUT2D eigenvalue weighted by Crippen LogP contribution is -2.23. The molecule has 10 heteroatoms. The molecule has 2 N–H and O–H groups in total. The van der Waals surface area contributed by atoms with Gasteiger partial charge in [-0.25, -0.2) is 9.97 Å². The van der Waals surface area contributed by atoms with Crippen LogP contribution in [0.5, 0.6) is 0 Å². The van der Waals surface area contributed by atoms with Crippen molar-refractivity contribution in [3.63, 3.8) is 0 Å². The van der Waals surface area contributed by atoms with Crippen LogP contribution in [0.1, 0.15) is 21.9 Å². The van der Waals surface area contributed by atoms with E-state index in [0.29, 0.717) is 35.9 Å². The molecule has 0 fully saturated rings. The van der Waals surface area contributed by atoms with E-state index in [4.69, 9.17) is 4.52 Å². The molecule has 0 aliphatic heterocycles. The van der Waals surface area contributed by atoms with Gasteiger partial charge in [0.1, 0.15) is 24.0 Å². The van der Waals surface area contributed by atoms with Crippen LogP contribution in [-0.2, 0) is 20.1 Å². The third kappa shape index (κ3) is 4.26. The standard InChI is InChI=1S/C19H18N8O2/c1-27-17(24-25-18(27)16-5-7-20-12-23-16)11-21-14-4-2-3-13(9-14)19(28)22-10-15-6-8-29-26-15/h2-9,12,21H,10-11H2,1H3,(H,22,28). The van der Waals surface area contributed by atoms with Gasteiger partial charge < -0.3 is 19.7 Å². The van der Waals surface area contributed by atoms with Crippen LogP contribution >= 0.6 is 0 Å². The highest BCUT2D eigenvalue weighted by molar-refractivity contribution is 5.95. The second kappa shape index (κ2) is 8.30. The van der Waals surface area contributed by atoms with Crippen molar-refractivity contribution in [2.75, 3.05) is 5.32 Å². The summed E-state index contributed by atoms with van der Waals surface area (Å²) < 4.78 is 6.62. The van der Waals surface area contributed by atoms with Gasteiger partial charge in [-0.2, -0.15) is 0 Å². The monoisotopic (exact) mass is 390 g/mol. The first-order chi connectivity index (χ1) is 14.2. The van der Waals surface area contributed by atoms with E-state index in [9.17, 15) is 4.79 Å². The number of amides is 1. The lowest BCUT2D eigenvalue weighted by molar-refractivity contribution is 0.0950. The van der Waals surface area contributed by atoms with Gasteiger partial charge in [0.2, 0.25) is 0 Å². The van der Waals surface area contributed by atoms with Crippen molar-refractivity contribution < 1.29 is 9.32 Å². The average molecular weight is 390 g/mol. The zero-order valence-corrected chi connectivity index (χ0v) is 15.6. The summed E-state index contributed by atoms with van der Waals surface area (Å²) >= 11 is 0. The zero-order valence-electron chi connectivity index (χ0n) is 15.6. The van der Waals surface area contributed by atoms with E-state index < -0.39 is 0 Å². The second-order valence-electron chi connectivity index (χ2n) is 6.20. The molecule has 0 spiro atoms. The first-order valence-corrected chi connectivity index (χ1v) is 8.87. The molecule has 10 nitrogen and oxygen atoms in total. The van der Waals surface area contributed by atoms with Crippen LogP contribution in [0, 0.1) is 0 Å². The van der Waals surface area contributed by atoms with Crippen LogP contribution in [-0.4, -0.2) is 35.8 Å². The van der Waals surface area contributed by atoms with Crippen LogP contribution in [0.2, 0.25) is 0 Å². The molecule has 0 saturated heterocycles. The fourth-order valence-electron chi connectivity index (χ4n) is 2.71. The molecule has 3 heterocycles. The molecular weight excluding hydrogens is 372 g/mol. The molecule has 0 saturated carbocycles. The van der Waals surface area contributed by atoms with E-state index in [1.807, 2.05) is 23.7 Å². The number of hydrogen-bond acceptors (Lipinski definition) is 8. The summed E-state index contributed by atoms with van der Waals surface area (Å²) in [7, 11) is 1.88. The van der Waals surface area contributed by atoms with Crippen LogP contribution in [0.15, 0.2) is 59.7 Å². The van der Waals surface area contributed by atoms with E-state index in [1.54, 1.807) is 30.5 Å². The molecule has 0 radical (unpaired) electrons. The fraction of sp³-hybridized carbons (Fsp3) is 0.158. The third-order valence-electron chi connectivity index (χ3n) is 4.27. The maximum Gasteiger partial charge on any atom is 0.251 e. The van der Waals surface area contributed by atoms with Crippen LogP contribution in [0.3, 0.4) is 0 Å². The Balaban J connectivity index is 1.40. The van der Waals surface area contributed by atoms with Crippen molar-refractivity contribution in [1.29, 1.82) is 0 Å².